The van der Waals surface area contributed by atoms with E-state index in [0.29, 0.717) is 144 Å². The van der Waals surface area contributed by atoms with Crippen LogP contribution < -0.4 is 36.8 Å². The molecule has 0 radical (unpaired) electrons. The first-order valence-corrected chi connectivity index (χ1v) is 44.1. The number of ether oxygens (including phenoxy) is 1. The van der Waals surface area contributed by atoms with Crippen molar-refractivity contribution in [2.24, 2.45) is 21.5 Å². The minimum atomic E-state index is -3.26. The number of halogens is 6. The second-order valence-electron chi connectivity index (χ2n) is 31.6. The number of amides is 1. The number of aromatic amines is 3. The number of Topliss-reactive ketones (excluding diaryl/α,β-unsaturated/α-hetero) is 1. The molecule has 1 amide bonds. The first-order valence-electron chi connectivity index (χ1n) is 38.1. The Labute approximate surface area is 702 Å². The fourth-order valence-corrected chi connectivity index (χ4v) is 20.9. The molecule has 18 rings (SSSR count). The number of nitrogens with two attached hydrogens (primary N) is 3. The van der Waals surface area contributed by atoms with E-state index in [1.165, 1.54) is 16.8 Å². The van der Waals surface area contributed by atoms with Crippen LogP contribution in [0, 0.1) is 0 Å². The molecule has 11 N–H and O–H groups in total. The molecule has 10 aromatic rings. The highest BCUT2D eigenvalue weighted by atomic mass is 35.5. The zero-order chi connectivity index (χ0) is 83.1. The minimum Gasteiger partial charge on any atom is -0.385 e. The van der Waals surface area contributed by atoms with Crippen molar-refractivity contribution in [2.45, 2.75) is 121 Å². The number of aliphatic hydroxyl groups is 2. The molecule has 620 valence electrons. The van der Waals surface area contributed by atoms with Gasteiger partial charge in [0.05, 0.1) is 89.6 Å². The number of benzene rings is 6. The zero-order valence-electron chi connectivity index (χ0n) is 65.4. The van der Waals surface area contributed by atoms with Crippen LogP contribution in [-0.4, -0.2) is 215 Å². The molecule has 1 saturated carbocycles. The van der Waals surface area contributed by atoms with Crippen molar-refractivity contribution in [3.05, 3.63) is 155 Å². The average Bonchev–Trinajstić information content (AvgIpc) is 0.794. The van der Waals surface area contributed by atoms with Crippen LogP contribution in [0.25, 0.3) is 43.7 Å². The number of nitrogens with one attached hydrogen (secondary N) is 3. The summed E-state index contributed by atoms with van der Waals surface area (Å²) < 4.78 is 61.6. The molecule has 0 spiro atoms. The number of carbonyl (C=O) groups is 2. The van der Waals surface area contributed by atoms with E-state index >= 15 is 0 Å². The Hall–Kier alpha value is -8.28. The van der Waals surface area contributed by atoms with Crippen molar-refractivity contribution < 1.29 is 45.9 Å². The van der Waals surface area contributed by atoms with E-state index in [4.69, 9.17) is 96.1 Å². The standard InChI is InChI=1S/C15H21ClN4O2S.C14H19ClN4O3S.C14H17ClN4O.C12H12ClN3O.C12H13ClN2O2.C12H13ClN2O/c1-15(2)9-19(4-5-20(15)23(3,21)22)13-7-10(16)6-11-12(13)8-18-14(11)17;1-14(2)8-18(4-5-19(14)23(3,20)21)11-7-9(15)6-10-12(11)22-17-13(10)16;1-9(20)18-2-4-19(5-3-18)13-7-10(15)6-11-12(13)8-17-14(11)16;13-8-4-11-10(6-14-15-11)12(5-8)16-3-1-2-9(17)7-16;13-8-5-10(9-7-14-15-11(9)6-8)12(16)1-3-17-4-2-12;13-8-5-10(12(16)3-1-2-4-12)9-7-14-15-11(9)6-8/h6-7H,4-5,8-9H2,1-3H3,(H2,17,18);6-7H,4-5,8H2,1-3H3,(H2,16,17);6-7H,2-5,8H2,1H3,(H2,16,17);4-6H,1-3,7H2,(H,14,15);5-7,16H,1-4H2,(H,14,15);5-7,16H,1-4H2,(H,14,15). The number of fused-ring (bicyclic) bond motifs is 6. The lowest BCUT2D eigenvalue weighted by Gasteiger charge is -2.46. The number of hydrogen-bond donors (Lipinski definition) is 8. The number of piperazine rings is 3. The molecule has 0 atom stereocenters. The van der Waals surface area contributed by atoms with Gasteiger partial charge < -0.3 is 61.2 Å². The number of H-pyrrole nitrogens is 3. The smallest absolute Gasteiger partial charge is 0.219 e. The van der Waals surface area contributed by atoms with Gasteiger partial charge in [-0.1, -0.05) is 87.6 Å². The molecular weight excluding hydrogens is 1650 g/mol. The number of aliphatic imine (C=N–C) groups is 2. The number of aromatic nitrogens is 7. The maximum atomic E-state index is 12.0. The van der Waals surface area contributed by atoms with Crippen molar-refractivity contribution in [3.63, 3.8) is 0 Å². The van der Waals surface area contributed by atoms with Gasteiger partial charge in [-0.05, 0) is 131 Å². The quantitative estimate of drug-likeness (QED) is 0.0700. The van der Waals surface area contributed by atoms with Crippen molar-refractivity contribution in [3.8, 4) is 0 Å². The number of anilines is 5. The predicted octanol–water partition coefficient (Wildman–Crippen LogP) is 12.1. The predicted molar refractivity (Wildman–Crippen MR) is 461 cm³/mol. The normalized spacial score (nSPS) is 19.2. The summed E-state index contributed by atoms with van der Waals surface area (Å²) in [4.78, 5) is 41.9. The number of nitrogens with zero attached hydrogens (tertiary/aromatic N) is 13. The molecular formula is C79H95Cl6N19O10S2. The van der Waals surface area contributed by atoms with Gasteiger partial charge in [0, 0.05) is 208 Å². The third kappa shape index (κ3) is 18.9. The van der Waals surface area contributed by atoms with Gasteiger partial charge >= 0.3 is 0 Å². The lowest BCUT2D eigenvalue weighted by Crippen LogP contribution is -2.61. The van der Waals surface area contributed by atoms with Crippen LogP contribution in [0.3, 0.4) is 0 Å². The molecule has 4 aromatic heterocycles. The van der Waals surface area contributed by atoms with Crippen LogP contribution >= 0.6 is 69.6 Å². The highest BCUT2D eigenvalue weighted by Crippen LogP contribution is 2.45. The second-order valence-corrected chi connectivity index (χ2v) is 38.0. The number of nitrogen functional groups attached to an aromatic ring is 1. The Bertz CT molecular complexity index is 5660. The molecule has 6 aromatic carbocycles. The molecule has 0 unspecified atom stereocenters. The third-order valence-corrected chi connectivity index (χ3v) is 26.7. The van der Waals surface area contributed by atoms with Gasteiger partial charge in [0.25, 0.3) is 0 Å². The summed E-state index contributed by atoms with van der Waals surface area (Å²) in [6.45, 7) is 19.2. The summed E-state index contributed by atoms with van der Waals surface area (Å²) in [5, 5.41) is 53.1. The first-order chi connectivity index (χ1) is 54.9. The lowest BCUT2D eigenvalue weighted by molar-refractivity contribution is -0.129. The van der Waals surface area contributed by atoms with Crippen LogP contribution in [0.15, 0.2) is 106 Å². The van der Waals surface area contributed by atoms with Crippen LogP contribution in [0.4, 0.5) is 28.6 Å². The zero-order valence-corrected chi connectivity index (χ0v) is 71.6. The van der Waals surface area contributed by atoms with Gasteiger partial charge in [-0.25, -0.2) is 16.8 Å². The summed E-state index contributed by atoms with van der Waals surface area (Å²) in [6, 6.07) is 22.2. The number of piperidine rings is 1. The third-order valence-electron chi connectivity index (χ3n) is 22.4. The summed E-state index contributed by atoms with van der Waals surface area (Å²) >= 11 is 36.8. The van der Waals surface area contributed by atoms with Gasteiger partial charge in [-0.2, -0.15) is 23.9 Å². The molecule has 7 aliphatic heterocycles. The topological polar surface area (TPSA) is 390 Å². The number of ketones is 1. The number of amidine groups is 2. The minimum absolute atomic E-state index is 0.133. The number of hydrogen-bond acceptors (Lipinski definition) is 23. The highest BCUT2D eigenvalue weighted by Gasteiger charge is 2.43. The number of rotatable bonds is 8. The van der Waals surface area contributed by atoms with E-state index in [1.54, 1.807) is 42.0 Å². The largest absolute Gasteiger partial charge is 0.385 e. The number of sulfonamides is 2. The molecule has 37 heteroatoms. The Morgan fingerprint density at radius 1 is 0.500 bits per heavy atom. The summed E-state index contributed by atoms with van der Waals surface area (Å²) in [5.74, 6) is 1.78. The maximum Gasteiger partial charge on any atom is 0.219 e. The molecule has 5 saturated heterocycles. The summed E-state index contributed by atoms with van der Waals surface area (Å²) in [7, 11) is -6.49. The van der Waals surface area contributed by atoms with Crippen molar-refractivity contribution in [2.75, 3.05) is 130 Å². The van der Waals surface area contributed by atoms with Crippen LogP contribution in [-0.2, 0) is 58.7 Å². The van der Waals surface area contributed by atoms with Crippen LogP contribution in [0.1, 0.15) is 119 Å². The van der Waals surface area contributed by atoms with Crippen LogP contribution in [0.2, 0.25) is 30.1 Å². The summed E-state index contributed by atoms with van der Waals surface area (Å²) in [5.41, 5.74) is 27.9. The molecule has 8 aliphatic rings. The molecule has 6 fully saturated rings. The molecule has 116 heavy (non-hydrogen) atoms. The average molecular weight is 1750 g/mol. The second kappa shape index (κ2) is 34.6. The molecule has 1 aliphatic carbocycles. The maximum absolute atomic E-state index is 12.0. The Morgan fingerprint density at radius 2 is 0.922 bits per heavy atom. The molecule has 29 nitrogen and oxygen atoms in total. The Balaban J connectivity index is 0.000000122. The van der Waals surface area contributed by atoms with Crippen molar-refractivity contribution in [1.29, 1.82) is 0 Å². The van der Waals surface area contributed by atoms with E-state index in [2.05, 4.69) is 65.3 Å². The van der Waals surface area contributed by atoms with E-state index < -0.39 is 42.3 Å². The van der Waals surface area contributed by atoms with Crippen LogP contribution in [0.5, 0.6) is 0 Å². The first kappa shape index (κ1) is 85.6. The van der Waals surface area contributed by atoms with Crippen molar-refractivity contribution in [1.82, 2.24) is 49.3 Å². The summed E-state index contributed by atoms with van der Waals surface area (Å²) in [6.07, 6.45) is 14.3. The van der Waals surface area contributed by atoms with E-state index in [9.17, 15) is 36.6 Å². The van der Waals surface area contributed by atoms with Gasteiger partial charge in [-0.3, -0.25) is 34.9 Å². The fraction of sp³-hybridized carbons (Fsp3) is 0.443. The van der Waals surface area contributed by atoms with E-state index in [1.807, 2.05) is 93.3 Å². The highest BCUT2D eigenvalue weighted by molar-refractivity contribution is 7.88. The Kier molecular flexibility index (Phi) is 25.5. The fourth-order valence-electron chi connectivity index (χ4n) is 16.8. The van der Waals surface area contributed by atoms with Crippen molar-refractivity contribution >= 4 is 185 Å². The Morgan fingerprint density at radius 3 is 1.41 bits per heavy atom. The molecule has 0 bridgehead atoms. The van der Waals surface area contributed by atoms with Gasteiger partial charge in [0.1, 0.15) is 11.7 Å². The van der Waals surface area contributed by atoms with Gasteiger partial charge in [0.15, 0.2) is 17.2 Å². The van der Waals surface area contributed by atoms with Gasteiger partial charge in [0.2, 0.25) is 26.0 Å². The monoisotopic (exact) mass is 1740 g/mol. The van der Waals surface area contributed by atoms with E-state index in [0.717, 1.165) is 154 Å². The SMILES string of the molecule is CC(=O)N1CCN(c2cc(Cl)cc3c2CN=C3N)CC1.CC1(C)CN(c2cc(Cl)cc3c(N)noc23)CCN1S(C)(=O)=O.CC1(C)CN(c2cc(Cl)cc3c2CN=C3N)CCN1S(C)(=O)=O.O=C1CCCN(c2cc(Cl)cc3[nH]ncc23)C1.OC1(c2cc(Cl)cc3[nH]ncc23)CCCC1.OC1(c2cc(Cl)cc3[nH]ncc23)CCOCC1. The van der Waals surface area contributed by atoms with E-state index in [-0.39, 0.29) is 17.5 Å². The molecule has 11 heterocycles. The lowest BCUT2D eigenvalue weighted by atomic mass is 9.85. The van der Waals surface area contributed by atoms with Gasteiger partial charge in [-0.15, -0.1) is 0 Å². The number of carbonyl (C=O) groups excluding carboxylic acids is 2.